The van der Waals surface area contributed by atoms with Crippen molar-refractivity contribution in [1.29, 1.82) is 0 Å². The third kappa shape index (κ3) is 3.57. The lowest BCUT2D eigenvalue weighted by Crippen LogP contribution is -2.60. The minimum atomic E-state index is -0.665. The van der Waals surface area contributed by atoms with Gasteiger partial charge < -0.3 is 14.8 Å². The number of amides is 1. The molecule has 4 fully saturated rings. The number of carbonyl (C=O) groups is 2. The summed E-state index contributed by atoms with van der Waals surface area (Å²) >= 11 is 0. The molecule has 7 nitrogen and oxygen atoms in total. The summed E-state index contributed by atoms with van der Waals surface area (Å²) in [5.74, 6) is 1.64. The number of carbonyl (C=O) groups excluding carboxylic acids is 2. The van der Waals surface area contributed by atoms with E-state index in [1.807, 2.05) is 30.3 Å². The minimum Gasteiger partial charge on any atom is -0.493 e. The third-order valence-corrected chi connectivity index (χ3v) is 6.89. The summed E-state index contributed by atoms with van der Waals surface area (Å²) in [6.45, 7) is -0.304. The Morgan fingerprint density at radius 3 is 2.33 bits per heavy atom. The van der Waals surface area contributed by atoms with Crippen LogP contribution in [0.2, 0.25) is 0 Å². The number of nitrogens with one attached hydrogen (secondary N) is 1. The molecule has 2 aromatic rings. The summed E-state index contributed by atoms with van der Waals surface area (Å²) in [5, 5.41) is 7.51. The van der Waals surface area contributed by atoms with Gasteiger partial charge >= 0.3 is 5.97 Å². The summed E-state index contributed by atoms with van der Waals surface area (Å²) in [7, 11) is 1.48. The van der Waals surface area contributed by atoms with Gasteiger partial charge in [0.25, 0.3) is 5.91 Å². The first-order valence-electron chi connectivity index (χ1n) is 10.7. The minimum absolute atomic E-state index is 0.0592. The van der Waals surface area contributed by atoms with E-state index in [0.717, 1.165) is 42.7 Å². The quantitative estimate of drug-likeness (QED) is 0.742. The highest BCUT2D eigenvalue weighted by Gasteiger charge is 2.51. The number of methoxy groups -OCH3 is 1. The van der Waals surface area contributed by atoms with Gasteiger partial charge in [0.2, 0.25) is 5.69 Å². The van der Waals surface area contributed by atoms with Gasteiger partial charge in [0.15, 0.2) is 12.4 Å². The molecule has 1 heterocycles. The first-order chi connectivity index (χ1) is 14.5. The Balaban J connectivity index is 1.22. The highest BCUT2D eigenvalue weighted by Crippen LogP contribution is 2.55. The van der Waals surface area contributed by atoms with Gasteiger partial charge in [0.05, 0.1) is 19.0 Å². The van der Waals surface area contributed by atoms with Crippen molar-refractivity contribution in [3.05, 3.63) is 42.2 Å². The molecule has 0 spiro atoms. The smallest absolute Gasteiger partial charge is 0.363 e. The summed E-state index contributed by atoms with van der Waals surface area (Å²) in [5.41, 5.74) is 0.767. The van der Waals surface area contributed by atoms with Crippen LogP contribution in [0.3, 0.4) is 0 Å². The predicted molar refractivity (Wildman–Crippen MR) is 109 cm³/mol. The molecule has 4 aliphatic rings. The number of para-hydroxylation sites is 1. The summed E-state index contributed by atoms with van der Waals surface area (Å²) in [4.78, 5) is 25.2. The van der Waals surface area contributed by atoms with E-state index < -0.39 is 5.97 Å². The Bertz CT molecular complexity index is 917. The van der Waals surface area contributed by atoms with Gasteiger partial charge in [-0.1, -0.05) is 18.2 Å². The molecule has 0 radical (unpaired) electrons. The van der Waals surface area contributed by atoms with E-state index >= 15 is 0 Å². The number of hydrogen-bond donors (Lipinski definition) is 1. The number of rotatable bonds is 6. The van der Waals surface area contributed by atoms with Crippen LogP contribution in [0.1, 0.15) is 49.0 Å². The van der Waals surface area contributed by atoms with Crippen LogP contribution in [-0.2, 0) is 9.53 Å². The zero-order valence-electron chi connectivity index (χ0n) is 17.2. The molecule has 1 aromatic carbocycles. The summed E-state index contributed by atoms with van der Waals surface area (Å²) in [6.07, 6.45) is 8.76. The van der Waals surface area contributed by atoms with Crippen molar-refractivity contribution < 1.29 is 19.1 Å². The lowest BCUT2D eigenvalue weighted by atomic mass is 9.53. The molecule has 1 aromatic heterocycles. The first-order valence-corrected chi connectivity index (χ1v) is 10.7. The number of aromatic nitrogens is 2. The van der Waals surface area contributed by atoms with Gasteiger partial charge in [-0.15, -0.1) is 0 Å². The van der Waals surface area contributed by atoms with Crippen molar-refractivity contribution in [3.8, 4) is 11.4 Å². The largest absolute Gasteiger partial charge is 0.493 e. The zero-order valence-corrected chi connectivity index (χ0v) is 17.2. The molecule has 0 saturated heterocycles. The summed E-state index contributed by atoms with van der Waals surface area (Å²) in [6, 6.07) is 9.43. The fraction of sp³-hybridized carbons (Fsp3) is 0.522. The lowest BCUT2D eigenvalue weighted by Gasteiger charge is -2.56. The molecule has 6 rings (SSSR count). The maximum Gasteiger partial charge on any atom is 0.363 e. The molecule has 4 saturated carbocycles. The Morgan fingerprint density at radius 1 is 1.10 bits per heavy atom. The molecule has 158 valence electrons. The molecule has 0 unspecified atom stereocenters. The zero-order chi connectivity index (χ0) is 20.7. The van der Waals surface area contributed by atoms with Crippen LogP contribution in [0.5, 0.6) is 5.75 Å². The monoisotopic (exact) mass is 409 g/mol. The maximum atomic E-state index is 12.6. The van der Waals surface area contributed by atoms with Crippen molar-refractivity contribution in [1.82, 2.24) is 15.1 Å². The van der Waals surface area contributed by atoms with Gasteiger partial charge in [0.1, 0.15) is 0 Å². The summed E-state index contributed by atoms with van der Waals surface area (Å²) < 4.78 is 12.1. The second kappa shape index (κ2) is 7.45. The maximum absolute atomic E-state index is 12.6. The van der Waals surface area contributed by atoms with Gasteiger partial charge in [-0.2, -0.15) is 5.10 Å². The van der Waals surface area contributed by atoms with E-state index in [1.54, 1.807) is 10.9 Å². The van der Waals surface area contributed by atoms with Crippen molar-refractivity contribution >= 4 is 11.9 Å². The fourth-order valence-electron chi connectivity index (χ4n) is 6.16. The van der Waals surface area contributed by atoms with E-state index in [9.17, 15) is 9.59 Å². The normalized spacial score (nSPS) is 28.9. The van der Waals surface area contributed by atoms with Gasteiger partial charge in [-0.25, -0.2) is 9.48 Å². The molecule has 0 atom stereocenters. The number of hydrogen-bond acceptors (Lipinski definition) is 5. The molecule has 4 aliphatic carbocycles. The lowest BCUT2D eigenvalue weighted by molar-refractivity contribution is -0.130. The van der Waals surface area contributed by atoms with E-state index in [-0.39, 0.29) is 23.7 Å². The highest BCUT2D eigenvalue weighted by atomic mass is 16.5. The third-order valence-electron chi connectivity index (χ3n) is 6.89. The molecule has 0 aliphatic heterocycles. The van der Waals surface area contributed by atoms with Crippen molar-refractivity contribution in [3.63, 3.8) is 0 Å². The van der Waals surface area contributed by atoms with Gasteiger partial charge in [-0.3, -0.25) is 4.79 Å². The second-order valence-corrected chi connectivity index (χ2v) is 9.15. The number of benzene rings is 1. The van der Waals surface area contributed by atoms with Crippen LogP contribution in [0, 0.1) is 17.8 Å². The molecule has 1 N–H and O–H groups in total. The highest BCUT2D eigenvalue weighted by molar-refractivity contribution is 5.92. The number of esters is 1. The van der Waals surface area contributed by atoms with Crippen molar-refractivity contribution in [2.75, 3.05) is 13.7 Å². The SMILES string of the molecule is COc1cn(-c2ccccc2)nc1C(=O)OCC(=O)NC12CC3CC(CC(C3)C1)C2. The van der Waals surface area contributed by atoms with Crippen LogP contribution in [0.25, 0.3) is 5.69 Å². The Morgan fingerprint density at radius 2 is 1.73 bits per heavy atom. The van der Waals surface area contributed by atoms with Crippen LogP contribution in [0.4, 0.5) is 0 Å². The van der Waals surface area contributed by atoms with Gasteiger partial charge in [0, 0.05) is 5.54 Å². The predicted octanol–water partition coefficient (Wildman–Crippen LogP) is 3.12. The average molecular weight is 409 g/mol. The molecular weight excluding hydrogens is 382 g/mol. The molecule has 4 bridgehead atoms. The van der Waals surface area contributed by atoms with E-state index in [4.69, 9.17) is 9.47 Å². The van der Waals surface area contributed by atoms with Crippen molar-refractivity contribution in [2.45, 2.75) is 44.1 Å². The second-order valence-electron chi connectivity index (χ2n) is 9.15. The van der Waals surface area contributed by atoms with E-state index in [2.05, 4.69) is 10.4 Å². The number of nitrogens with zero attached hydrogens (tertiary/aromatic N) is 2. The molecular formula is C23H27N3O4. The van der Waals surface area contributed by atoms with Crippen LogP contribution in [0.15, 0.2) is 36.5 Å². The average Bonchev–Trinajstić information content (AvgIpc) is 3.16. The Kier molecular flexibility index (Phi) is 4.76. The molecule has 7 heteroatoms. The van der Waals surface area contributed by atoms with Gasteiger partial charge in [-0.05, 0) is 68.4 Å². The topological polar surface area (TPSA) is 82.5 Å². The van der Waals surface area contributed by atoms with Crippen LogP contribution < -0.4 is 10.1 Å². The fourth-order valence-corrected chi connectivity index (χ4v) is 6.16. The van der Waals surface area contributed by atoms with Crippen LogP contribution in [-0.4, -0.2) is 40.9 Å². The van der Waals surface area contributed by atoms with E-state index in [1.165, 1.54) is 26.4 Å². The Labute approximate surface area is 175 Å². The first kappa shape index (κ1) is 19.2. The van der Waals surface area contributed by atoms with Crippen molar-refractivity contribution in [2.24, 2.45) is 17.8 Å². The van der Waals surface area contributed by atoms with E-state index in [0.29, 0.717) is 5.75 Å². The molecule has 1 amide bonds. The van der Waals surface area contributed by atoms with Crippen LogP contribution >= 0.6 is 0 Å². The molecule has 30 heavy (non-hydrogen) atoms. The Hall–Kier alpha value is -2.83. The number of ether oxygens (including phenoxy) is 2. The standard InChI is InChI=1S/C23H27N3O4/c1-29-19-13-26(18-5-3-2-4-6-18)25-21(19)22(28)30-14-20(27)24-23-10-15-7-16(11-23)9-17(8-15)12-23/h2-6,13,15-17H,7-12,14H2,1H3,(H,24,27).